The molecule has 1 aliphatic heterocycles. The average molecular weight is 440 g/mol. The van der Waals surface area contributed by atoms with Crippen molar-refractivity contribution >= 4 is 51.9 Å². The van der Waals surface area contributed by atoms with E-state index in [1.54, 1.807) is 56.3 Å². The summed E-state index contributed by atoms with van der Waals surface area (Å²) in [5, 5.41) is 21.0. The molecule has 2 aromatic rings. The van der Waals surface area contributed by atoms with Gasteiger partial charge in [-0.15, -0.1) is 0 Å². The number of nitrogens with zero attached hydrogens (tertiary/aromatic N) is 4. The first-order chi connectivity index (χ1) is 14.7. The van der Waals surface area contributed by atoms with Gasteiger partial charge in [-0.05, 0) is 54.6 Å². The zero-order valence-corrected chi connectivity index (χ0v) is 17.9. The molecule has 1 heterocycles. The van der Waals surface area contributed by atoms with Gasteiger partial charge in [0.25, 0.3) is 11.6 Å². The number of carbonyl (C=O) groups excluding carboxylic acids is 1. The number of hydrogen-bond donors (Lipinski definition) is 1. The van der Waals surface area contributed by atoms with E-state index < -0.39 is 10.9 Å². The van der Waals surface area contributed by atoms with Crippen molar-refractivity contribution in [2.75, 3.05) is 25.5 Å². The Bertz CT molecular complexity index is 1130. The lowest BCUT2D eigenvalue weighted by atomic mass is 10.1. The van der Waals surface area contributed by atoms with E-state index in [1.807, 2.05) is 0 Å². The van der Waals surface area contributed by atoms with Gasteiger partial charge in [0.2, 0.25) is 0 Å². The highest BCUT2D eigenvalue weighted by Gasteiger charge is 2.32. The van der Waals surface area contributed by atoms with E-state index in [0.29, 0.717) is 33.6 Å². The lowest BCUT2D eigenvalue weighted by Crippen LogP contribution is -2.28. The van der Waals surface area contributed by atoms with E-state index in [9.17, 15) is 19.7 Å². The Morgan fingerprint density at radius 1 is 1.29 bits per heavy atom. The number of rotatable bonds is 6. The third-order valence-corrected chi connectivity index (χ3v) is 5.50. The third-order valence-electron chi connectivity index (χ3n) is 4.50. The van der Waals surface area contributed by atoms with Gasteiger partial charge in [-0.2, -0.15) is 0 Å². The molecule has 0 bridgehead atoms. The molecular weight excluding hydrogens is 420 g/mol. The van der Waals surface area contributed by atoms with Crippen molar-refractivity contribution in [2.45, 2.75) is 6.92 Å². The molecule has 1 N–H and O–H groups in total. The predicted octanol–water partition coefficient (Wildman–Crippen LogP) is 3.98. The minimum absolute atomic E-state index is 0.0541. The van der Waals surface area contributed by atoms with Crippen molar-refractivity contribution in [1.29, 1.82) is 0 Å². The quantitative estimate of drug-likeness (QED) is 0.410. The monoisotopic (exact) mass is 440 g/mol. The number of nitro benzene ring substituents is 1. The Balaban J connectivity index is 1.97. The van der Waals surface area contributed by atoms with Gasteiger partial charge >= 0.3 is 5.97 Å². The molecule has 0 atom stereocenters. The van der Waals surface area contributed by atoms with Crippen LogP contribution in [0.15, 0.2) is 52.4 Å². The van der Waals surface area contributed by atoms with Crippen LogP contribution < -0.4 is 4.90 Å². The number of anilines is 1. The molecular formula is C21H20N4O5S. The summed E-state index contributed by atoms with van der Waals surface area (Å²) in [6, 6.07) is 10.9. The van der Waals surface area contributed by atoms with Gasteiger partial charge in [-0.25, -0.2) is 9.79 Å². The van der Waals surface area contributed by atoms with Crippen LogP contribution in [0.2, 0.25) is 0 Å². The van der Waals surface area contributed by atoms with Crippen molar-refractivity contribution in [2.24, 2.45) is 4.99 Å². The summed E-state index contributed by atoms with van der Waals surface area (Å²) >= 11 is 1.14. The molecule has 0 unspecified atom stereocenters. The number of amidine groups is 1. The summed E-state index contributed by atoms with van der Waals surface area (Å²) in [6.07, 6.45) is 1.60. The number of amides is 1. The molecule has 1 saturated heterocycles. The van der Waals surface area contributed by atoms with Crippen LogP contribution >= 0.6 is 11.8 Å². The highest BCUT2D eigenvalue weighted by atomic mass is 32.2. The molecule has 3 rings (SSSR count). The number of likely N-dealkylation sites (N-methyl/N-ethyl adjacent to an activating group) is 1. The number of aromatic carboxylic acids is 1. The Hall–Kier alpha value is -3.66. The van der Waals surface area contributed by atoms with Crippen molar-refractivity contribution in [3.05, 3.63) is 68.6 Å². The molecule has 0 aliphatic carbocycles. The Kier molecular flexibility index (Phi) is 6.40. The molecule has 9 nitrogen and oxygen atoms in total. The Morgan fingerprint density at radius 3 is 2.65 bits per heavy atom. The molecule has 31 heavy (non-hydrogen) atoms. The molecule has 2 aromatic carbocycles. The second kappa shape index (κ2) is 9.00. The number of aliphatic imine (C=N–C) groups is 1. The van der Waals surface area contributed by atoms with Crippen LogP contribution in [-0.4, -0.2) is 52.6 Å². The van der Waals surface area contributed by atoms with Crippen molar-refractivity contribution < 1.29 is 19.6 Å². The molecule has 1 aliphatic rings. The smallest absolute Gasteiger partial charge is 0.335 e. The average Bonchev–Trinajstić information content (AvgIpc) is 3.01. The van der Waals surface area contributed by atoms with E-state index in [-0.39, 0.29) is 17.2 Å². The molecule has 0 radical (unpaired) electrons. The number of nitro groups is 1. The Labute approximate surface area is 182 Å². The van der Waals surface area contributed by atoms with E-state index in [4.69, 9.17) is 5.11 Å². The number of carboxylic acid groups (broad SMARTS) is 1. The molecule has 10 heteroatoms. The maximum atomic E-state index is 12.8. The second-order valence-electron chi connectivity index (χ2n) is 6.81. The van der Waals surface area contributed by atoms with E-state index in [2.05, 4.69) is 4.99 Å². The van der Waals surface area contributed by atoms with Crippen LogP contribution in [0.3, 0.4) is 0 Å². The number of thioether (sulfide) groups is 1. The van der Waals surface area contributed by atoms with Crippen LogP contribution in [0, 0.1) is 10.1 Å². The van der Waals surface area contributed by atoms with Crippen LogP contribution in [0.1, 0.15) is 22.8 Å². The van der Waals surface area contributed by atoms with Gasteiger partial charge in [0.05, 0.1) is 21.1 Å². The maximum Gasteiger partial charge on any atom is 0.335 e. The van der Waals surface area contributed by atoms with Crippen molar-refractivity contribution in [3.63, 3.8) is 0 Å². The molecule has 1 amide bonds. The third kappa shape index (κ3) is 4.75. The topological polar surface area (TPSA) is 116 Å². The number of benzene rings is 2. The molecule has 160 valence electrons. The van der Waals surface area contributed by atoms with Gasteiger partial charge < -0.3 is 10.0 Å². The van der Waals surface area contributed by atoms with Crippen LogP contribution in [0.5, 0.6) is 0 Å². The summed E-state index contributed by atoms with van der Waals surface area (Å²) in [5.74, 6) is -1.33. The van der Waals surface area contributed by atoms with Crippen molar-refractivity contribution in [3.8, 4) is 0 Å². The fourth-order valence-corrected chi connectivity index (χ4v) is 4.06. The van der Waals surface area contributed by atoms with E-state index in [1.165, 1.54) is 23.1 Å². The summed E-state index contributed by atoms with van der Waals surface area (Å²) in [5.41, 5.74) is 1.46. The lowest BCUT2D eigenvalue weighted by molar-refractivity contribution is -0.384. The zero-order chi connectivity index (χ0) is 22.7. The predicted molar refractivity (Wildman–Crippen MR) is 121 cm³/mol. The highest BCUT2D eigenvalue weighted by molar-refractivity contribution is 8.18. The number of carbonyl (C=O) groups is 2. The highest BCUT2D eigenvalue weighted by Crippen LogP contribution is 2.35. The van der Waals surface area contributed by atoms with E-state index in [0.717, 1.165) is 11.8 Å². The largest absolute Gasteiger partial charge is 0.478 e. The Morgan fingerprint density at radius 2 is 2.03 bits per heavy atom. The fraction of sp³-hybridized carbons (Fsp3) is 0.190. The number of hydrogen-bond acceptors (Lipinski definition) is 7. The normalized spacial score (nSPS) is 16.2. The molecule has 0 aromatic heterocycles. The van der Waals surface area contributed by atoms with Gasteiger partial charge in [-0.1, -0.05) is 12.1 Å². The summed E-state index contributed by atoms with van der Waals surface area (Å²) in [6.45, 7) is 2.18. The van der Waals surface area contributed by atoms with E-state index >= 15 is 0 Å². The van der Waals surface area contributed by atoms with Crippen LogP contribution in [0.25, 0.3) is 6.08 Å². The van der Waals surface area contributed by atoms with Crippen LogP contribution in [-0.2, 0) is 4.79 Å². The SMILES string of the molecule is CCN1C(=O)/C(=C\c2ccc(N(C)C)c([N+](=O)[O-])c2)SC1=Nc1cccc(C(=O)O)c1. The first kappa shape index (κ1) is 22.0. The van der Waals surface area contributed by atoms with Gasteiger partial charge in [0.1, 0.15) is 5.69 Å². The zero-order valence-electron chi connectivity index (χ0n) is 17.1. The van der Waals surface area contributed by atoms with Gasteiger partial charge in [0.15, 0.2) is 5.17 Å². The molecule has 0 saturated carbocycles. The summed E-state index contributed by atoms with van der Waals surface area (Å²) in [4.78, 5) is 42.9. The standard InChI is InChI=1S/C21H20N4O5S/c1-4-24-19(26)18(11-13-8-9-16(23(2)3)17(10-13)25(29)30)31-21(24)22-15-7-5-6-14(12-15)20(27)28/h5-12H,4H2,1-3H3,(H,27,28)/b18-11+,22-21?. The van der Waals surface area contributed by atoms with Gasteiger partial charge in [-0.3, -0.25) is 19.8 Å². The first-order valence-corrected chi connectivity index (χ1v) is 10.1. The minimum Gasteiger partial charge on any atom is -0.478 e. The lowest BCUT2D eigenvalue weighted by Gasteiger charge is -2.13. The van der Waals surface area contributed by atoms with Crippen molar-refractivity contribution in [1.82, 2.24) is 4.90 Å². The molecule has 0 spiro atoms. The number of carboxylic acids is 1. The summed E-state index contributed by atoms with van der Waals surface area (Å²) < 4.78 is 0. The minimum atomic E-state index is -1.06. The first-order valence-electron chi connectivity index (χ1n) is 9.30. The fourth-order valence-electron chi connectivity index (χ4n) is 3.00. The van der Waals surface area contributed by atoms with Gasteiger partial charge in [0, 0.05) is 26.7 Å². The van der Waals surface area contributed by atoms with Crippen LogP contribution in [0.4, 0.5) is 17.1 Å². The molecule has 1 fully saturated rings. The maximum absolute atomic E-state index is 12.8. The summed E-state index contributed by atoms with van der Waals surface area (Å²) in [7, 11) is 3.44. The second-order valence-corrected chi connectivity index (χ2v) is 7.82.